The first-order valence-corrected chi connectivity index (χ1v) is 15.1. The van der Waals surface area contributed by atoms with Gasteiger partial charge in [0.25, 0.3) is 11.8 Å². The lowest BCUT2D eigenvalue weighted by molar-refractivity contribution is -0.117. The predicted molar refractivity (Wildman–Crippen MR) is 169 cm³/mol. The van der Waals surface area contributed by atoms with E-state index in [4.69, 9.17) is 39.5 Å². The first-order valence-electron chi connectivity index (χ1n) is 13.2. The fourth-order valence-electron chi connectivity index (χ4n) is 4.47. The molecule has 0 radical (unpaired) electrons. The molecule has 1 aliphatic rings. The van der Waals surface area contributed by atoms with Crippen molar-refractivity contribution in [1.82, 2.24) is 0 Å². The third-order valence-corrected chi connectivity index (χ3v) is 8.29. The molecule has 3 aromatic rings. The summed E-state index contributed by atoms with van der Waals surface area (Å²) < 4.78 is 61.2. The zero-order valence-corrected chi connectivity index (χ0v) is 27.8. The number of rotatable bonds is 7. The van der Waals surface area contributed by atoms with Crippen LogP contribution in [0.1, 0.15) is 55.1 Å². The summed E-state index contributed by atoms with van der Waals surface area (Å²) in [7, 11) is 0. The fourth-order valence-corrected chi connectivity index (χ4v) is 6.01. The largest absolute Gasteiger partial charge is 0.444 e. The highest BCUT2D eigenvalue weighted by atomic mass is 79.9. The van der Waals surface area contributed by atoms with Gasteiger partial charge in [-0.05, 0) is 74.9 Å². The minimum Gasteiger partial charge on any atom is -0.444 e. The van der Waals surface area contributed by atoms with Gasteiger partial charge in [-0.1, -0.05) is 27.5 Å². The maximum atomic E-state index is 15.1. The summed E-state index contributed by atoms with van der Waals surface area (Å²) in [5, 5.41) is 6.75. The Balaban J connectivity index is 1.52. The van der Waals surface area contributed by atoms with Crippen molar-refractivity contribution in [2.75, 3.05) is 16.0 Å². The van der Waals surface area contributed by atoms with Gasteiger partial charge in [0.1, 0.15) is 21.4 Å². The summed E-state index contributed by atoms with van der Waals surface area (Å²) in [6.45, 7) is 5.43. The Morgan fingerprint density at radius 3 is 2.22 bits per heavy atom. The number of ether oxygens (including phenoxy) is 1. The standard InChI is InChI=1S/C30H25BrCl3F4N3O4/c1-28(2,3)45-27(44)41-24-19(35)7-8-20(23(24)36)40-25(42)17-12-16(5-6-18(17)32)39-26(43)22-21(30(22,33)34)13-9-14(29(4,37)38)11-15(31)10-13/h5-12,21-22H,1-4H3,(H,39,43)(H,40,42)(H,41,44). The van der Waals surface area contributed by atoms with Gasteiger partial charge in [-0.2, -0.15) is 0 Å². The molecule has 45 heavy (non-hydrogen) atoms. The first-order chi connectivity index (χ1) is 20.7. The van der Waals surface area contributed by atoms with E-state index in [1.807, 2.05) is 5.32 Å². The zero-order chi connectivity index (χ0) is 33.6. The third kappa shape index (κ3) is 8.03. The highest BCUT2D eigenvalue weighted by Crippen LogP contribution is 2.65. The van der Waals surface area contributed by atoms with Gasteiger partial charge in [-0.15, -0.1) is 23.2 Å². The van der Waals surface area contributed by atoms with Crippen molar-refractivity contribution < 1.29 is 36.7 Å². The molecule has 3 N–H and O–H groups in total. The number of carbonyl (C=O) groups excluding carboxylic acids is 3. The fraction of sp³-hybridized carbons (Fsp3) is 0.300. The van der Waals surface area contributed by atoms with Crippen LogP contribution in [0.2, 0.25) is 5.02 Å². The van der Waals surface area contributed by atoms with Crippen LogP contribution in [0.4, 0.5) is 39.4 Å². The van der Waals surface area contributed by atoms with Gasteiger partial charge < -0.3 is 15.4 Å². The molecule has 3 aromatic carbocycles. The molecule has 15 heteroatoms. The van der Waals surface area contributed by atoms with E-state index in [1.165, 1.54) is 30.3 Å². The van der Waals surface area contributed by atoms with Gasteiger partial charge in [0, 0.05) is 28.6 Å². The van der Waals surface area contributed by atoms with Crippen molar-refractivity contribution in [2.24, 2.45) is 5.92 Å². The van der Waals surface area contributed by atoms with Crippen LogP contribution in [0.25, 0.3) is 0 Å². The van der Waals surface area contributed by atoms with Gasteiger partial charge >= 0.3 is 6.09 Å². The lowest BCUT2D eigenvalue weighted by Gasteiger charge is -2.20. The van der Waals surface area contributed by atoms with E-state index in [9.17, 15) is 27.6 Å². The Morgan fingerprint density at radius 1 is 0.933 bits per heavy atom. The number of amides is 3. The molecule has 0 bridgehead atoms. The number of hydrogen-bond donors (Lipinski definition) is 3. The van der Waals surface area contributed by atoms with Crippen molar-refractivity contribution in [3.8, 4) is 0 Å². The predicted octanol–water partition coefficient (Wildman–Crippen LogP) is 9.62. The molecular formula is C30H25BrCl3F4N3O4. The van der Waals surface area contributed by atoms with Crippen LogP contribution in [0.5, 0.6) is 0 Å². The van der Waals surface area contributed by atoms with Crippen molar-refractivity contribution in [3.63, 3.8) is 0 Å². The summed E-state index contributed by atoms with van der Waals surface area (Å²) in [6.07, 6.45) is -1.12. The number of nitrogens with one attached hydrogen (secondary N) is 3. The van der Waals surface area contributed by atoms with Crippen molar-refractivity contribution >= 4 is 85.7 Å². The quantitative estimate of drug-likeness (QED) is 0.166. The molecule has 1 fully saturated rings. The van der Waals surface area contributed by atoms with Crippen LogP contribution in [-0.2, 0) is 15.5 Å². The minimum absolute atomic E-state index is 0.0735. The van der Waals surface area contributed by atoms with Gasteiger partial charge in [0.15, 0.2) is 5.82 Å². The van der Waals surface area contributed by atoms with Crippen LogP contribution in [0.15, 0.2) is 53.0 Å². The molecule has 3 amide bonds. The van der Waals surface area contributed by atoms with Crippen LogP contribution in [0, 0.1) is 17.6 Å². The summed E-state index contributed by atoms with van der Waals surface area (Å²) in [5.41, 5.74) is -2.35. The maximum Gasteiger partial charge on any atom is 0.412 e. The highest BCUT2D eigenvalue weighted by molar-refractivity contribution is 9.10. The van der Waals surface area contributed by atoms with Crippen molar-refractivity contribution in [3.05, 3.63) is 86.4 Å². The minimum atomic E-state index is -3.15. The molecule has 1 aliphatic carbocycles. The van der Waals surface area contributed by atoms with Crippen LogP contribution < -0.4 is 16.0 Å². The number of carbonyl (C=O) groups is 3. The number of alkyl halides is 4. The Labute approximate surface area is 279 Å². The van der Waals surface area contributed by atoms with Crippen molar-refractivity contribution in [2.45, 2.75) is 49.5 Å². The molecule has 0 spiro atoms. The molecule has 2 atom stereocenters. The lowest BCUT2D eigenvalue weighted by Crippen LogP contribution is -2.28. The molecule has 2 unspecified atom stereocenters. The monoisotopic (exact) mass is 751 g/mol. The Bertz CT molecular complexity index is 1700. The van der Waals surface area contributed by atoms with Gasteiger partial charge in [0.05, 0.1) is 22.2 Å². The Kier molecular flexibility index (Phi) is 9.76. The van der Waals surface area contributed by atoms with E-state index < -0.39 is 68.6 Å². The molecule has 4 rings (SSSR count). The summed E-state index contributed by atoms with van der Waals surface area (Å²) in [4.78, 5) is 38.3. The van der Waals surface area contributed by atoms with Crippen molar-refractivity contribution in [1.29, 1.82) is 0 Å². The first kappa shape index (κ1) is 34.8. The molecule has 1 saturated carbocycles. The van der Waals surface area contributed by atoms with E-state index >= 15 is 4.39 Å². The number of hydrogen-bond acceptors (Lipinski definition) is 4. The average Bonchev–Trinajstić information content (AvgIpc) is 3.49. The number of halogens is 8. The highest BCUT2D eigenvalue weighted by Gasteiger charge is 2.67. The summed E-state index contributed by atoms with van der Waals surface area (Å²) in [6, 6.07) is 9.68. The normalized spacial score (nSPS) is 17.3. The SMILES string of the molecule is CC(C)(C)OC(=O)Nc1c(F)ccc(NC(=O)c2cc(NC(=O)C3C(c4cc(Br)cc(C(C)(F)F)c4)C3(Cl)Cl)ccc2Cl)c1F. The third-order valence-electron chi connectivity index (χ3n) is 6.57. The van der Waals surface area contributed by atoms with Gasteiger partial charge in [-0.25, -0.2) is 22.4 Å². The van der Waals surface area contributed by atoms with E-state index in [2.05, 4.69) is 26.6 Å². The van der Waals surface area contributed by atoms with E-state index in [0.29, 0.717) is 10.0 Å². The molecular weight excluding hydrogens is 729 g/mol. The van der Waals surface area contributed by atoms with E-state index in [0.717, 1.165) is 19.1 Å². The van der Waals surface area contributed by atoms with Gasteiger partial charge in [0.2, 0.25) is 5.91 Å². The van der Waals surface area contributed by atoms with E-state index in [1.54, 1.807) is 26.8 Å². The molecule has 0 saturated heterocycles. The summed E-state index contributed by atoms with van der Waals surface area (Å²) in [5.74, 6) is -9.00. The van der Waals surface area contributed by atoms with Crippen LogP contribution in [-0.4, -0.2) is 27.8 Å². The molecule has 0 aromatic heterocycles. The molecule has 7 nitrogen and oxygen atoms in total. The topological polar surface area (TPSA) is 96.5 Å². The molecule has 0 aliphatic heterocycles. The summed E-state index contributed by atoms with van der Waals surface area (Å²) >= 11 is 22.2. The van der Waals surface area contributed by atoms with Crippen LogP contribution in [0.3, 0.4) is 0 Å². The smallest absolute Gasteiger partial charge is 0.412 e. The second-order valence-corrected chi connectivity index (χ2v) is 14.1. The van der Waals surface area contributed by atoms with E-state index in [-0.39, 0.29) is 21.8 Å². The zero-order valence-electron chi connectivity index (χ0n) is 23.9. The molecule has 0 heterocycles. The second-order valence-electron chi connectivity index (χ2n) is 11.3. The lowest BCUT2D eigenvalue weighted by atomic mass is 10.0. The van der Waals surface area contributed by atoms with Gasteiger partial charge in [-0.3, -0.25) is 14.9 Å². The Hall–Kier alpha value is -3.06. The number of anilines is 3. The van der Waals surface area contributed by atoms with Crippen LogP contribution >= 0.6 is 50.7 Å². The molecule has 240 valence electrons. The average molecular weight is 754 g/mol. The number of benzene rings is 3. The Morgan fingerprint density at radius 2 is 1.60 bits per heavy atom. The second kappa shape index (κ2) is 12.6. The maximum absolute atomic E-state index is 15.1.